The second-order valence-corrected chi connectivity index (χ2v) is 27.9. The topological polar surface area (TPSA) is 6.48 Å². The Morgan fingerprint density at radius 3 is 0.940 bits per heavy atom. The predicted molar refractivity (Wildman–Crippen MR) is 436 cm³/mol. The summed E-state index contributed by atoms with van der Waals surface area (Å²) < 4.78 is 0. The number of aryl methyl sites for hydroxylation is 6. The molecule has 2 unspecified atom stereocenters. The van der Waals surface area contributed by atoms with Gasteiger partial charge in [0.05, 0.1) is 11.4 Å². The van der Waals surface area contributed by atoms with Crippen molar-refractivity contribution in [2.24, 2.45) is 0 Å². The van der Waals surface area contributed by atoms with E-state index in [4.69, 9.17) is 0 Å². The highest BCUT2D eigenvalue weighted by Crippen LogP contribution is 2.44. The van der Waals surface area contributed by atoms with Crippen molar-refractivity contribution in [3.05, 3.63) is 392 Å². The molecule has 0 fully saturated rings. The fourth-order valence-corrected chi connectivity index (χ4v) is 14.4. The minimum absolute atomic E-state index is 0.157. The average Bonchev–Trinajstić information content (AvgIpc) is 0.782. The summed E-state index contributed by atoms with van der Waals surface area (Å²) in [5.74, 6) is 0. The Morgan fingerprint density at radius 1 is 0.310 bits per heavy atom. The van der Waals surface area contributed by atoms with Crippen LogP contribution >= 0.6 is 0 Å². The van der Waals surface area contributed by atoms with Gasteiger partial charge in [-0.1, -0.05) is 356 Å². The number of nitrogens with zero attached hydrogens (tertiary/aromatic N) is 2. The Bertz CT molecular complexity index is 4500. The molecule has 0 bridgehead atoms. The Labute approximate surface area is 599 Å². The van der Waals surface area contributed by atoms with Gasteiger partial charge in [-0.15, -0.1) is 0 Å². The van der Waals surface area contributed by atoms with Gasteiger partial charge in [0.15, 0.2) is 0 Å². The molecule has 0 saturated carbocycles. The Hall–Kier alpha value is -10.5. The number of hydrogen-bond donors (Lipinski definition) is 0. The SMILES string of the molecule is CCCCCC(C)(C=CC=C(c1ccccc1)c1ccccc1)c1ccc(N(c2ccc(C=Cc3ccc(C=CC(C)(CCCCC)c4ccc(N(c5ccc(C=CC=C(c6ccccc6)c6ccccc6)cc5)c5c(C)cc(C)cc5C)cc4)cc3)cc2)c2c(C)cc(C)cc2C)cc1. The number of hydrogen-bond acceptors (Lipinski definition) is 2. The van der Waals surface area contributed by atoms with E-state index in [1.54, 1.807) is 0 Å². The van der Waals surface area contributed by atoms with Crippen molar-refractivity contribution < 1.29 is 0 Å². The molecule has 0 aliphatic carbocycles. The van der Waals surface area contributed by atoms with Crippen molar-refractivity contribution >= 4 is 69.6 Å². The number of anilines is 6. The predicted octanol–water partition coefficient (Wildman–Crippen LogP) is 27.9. The van der Waals surface area contributed by atoms with Gasteiger partial charge in [-0.25, -0.2) is 0 Å². The van der Waals surface area contributed by atoms with Gasteiger partial charge >= 0.3 is 0 Å². The standard InChI is InChI=1S/C98H100N2/c1-11-13-27-65-97(9,67-30-41-94(85-36-23-17-24-37-85)86-38-25-18-26-39-86)87-52-60-91(61-53-87)100(96-77(7)71-74(4)72-78(96)8)90-58-50-81(51-59-90)43-42-80-44-46-82(47-45-80)64-68-98(10,66-28-14-12-2)88-54-62-92(63-55-88)99(95-75(5)69-73(3)70-76(95)6)89-56-48-79(49-57-89)31-29-40-93(83-32-19-15-20-33-83)84-34-21-16-22-35-84/h15-26,29-64,67-72H,11-14,27-28,65-66H2,1-10H3. The lowest BCUT2D eigenvalue weighted by atomic mass is 9.77. The highest BCUT2D eigenvalue weighted by Gasteiger charge is 2.27. The van der Waals surface area contributed by atoms with Crippen LogP contribution in [-0.2, 0) is 10.8 Å². The minimum atomic E-state index is -0.167. The van der Waals surface area contributed by atoms with Crippen LogP contribution in [0.2, 0.25) is 0 Å². The molecule has 0 aliphatic rings. The first kappa shape index (κ1) is 70.8. The highest BCUT2D eigenvalue weighted by molar-refractivity contribution is 5.85. The van der Waals surface area contributed by atoms with Gasteiger partial charge in [0.25, 0.3) is 0 Å². The van der Waals surface area contributed by atoms with Crippen LogP contribution in [0, 0.1) is 41.5 Å². The third-order valence-electron chi connectivity index (χ3n) is 19.9. The molecular formula is C98H100N2. The van der Waals surface area contributed by atoms with E-state index < -0.39 is 0 Å². The maximum absolute atomic E-state index is 2.45. The zero-order valence-corrected chi connectivity index (χ0v) is 60.7. The molecular weight excluding hydrogens is 1210 g/mol. The normalized spacial score (nSPS) is 12.8. The van der Waals surface area contributed by atoms with Gasteiger partial charge in [0.1, 0.15) is 0 Å². The molecule has 11 rings (SSSR count). The molecule has 0 heterocycles. The van der Waals surface area contributed by atoms with Crippen molar-refractivity contribution in [2.45, 2.75) is 131 Å². The van der Waals surface area contributed by atoms with Crippen molar-refractivity contribution in [3.63, 3.8) is 0 Å². The second kappa shape index (κ2) is 33.8. The lowest BCUT2D eigenvalue weighted by molar-refractivity contribution is 0.499. The van der Waals surface area contributed by atoms with E-state index >= 15 is 0 Å². The summed E-state index contributed by atoms with van der Waals surface area (Å²) in [5, 5.41) is 0. The molecule has 100 heavy (non-hydrogen) atoms. The molecule has 0 aromatic heterocycles. The Balaban J connectivity index is 0.809. The van der Waals surface area contributed by atoms with Crippen LogP contribution < -0.4 is 9.80 Å². The van der Waals surface area contributed by atoms with Gasteiger partial charge < -0.3 is 9.80 Å². The van der Waals surface area contributed by atoms with E-state index in [1.165, 1.54) is 133 Å². The summed E-state index contributed by atoms with van der Waals surface area (Å²) in [6, 6.07) is 97.9. The van der Waals surface area contributed by atoms with Gasteiger partial charge in [-0.05, 0) is 192 Å². The van der Waals surface area contributed by atoms with Gasteiger partial charge in [0.2, 0.25) is 0 Å². The molecule has 0 spiro atoms. The van der Waals surface area contributed by atoms with Gasteiger partial charge in [-0.3, -0.25) is 0 Å². The first-order valence-electron chi connectivity index (χ1n) is 36.3. The fourth-order valence-electron chi connectivity index (χ4n) is 14.4. The maximum Gasteiger partial charge on any atom is 0.0520 e. The summed E-state index contributed by atoms with van der Waals surface area (Å²) in [4.78, 5) is 4.89. The molecule has 502 valence electrons. The minimum Gasteiger partial charge on any atom is -0.310 e. The highest BCUT2D eigenvalue weighted by atomic mass is 15.2. The maximum atomic E-state index is 2.45. The molecule has 2 nitrogen and oxygen atoms in total. The van der Waals surface area contributed by atoms with Gasteiger partial charge in [0, 0.05) is 33.6 Å². The lowest BCUT2D eigenvalue weighted by Gasteiger charge is -2.31. The van der Waals surface area contributed by atoms with Gasteiger partial charge in [-0.2, -0.15) is 0 Å². The van der Waals surface area contributed by atoms with E-state index in [0.29, 0.717) is 0 Å². The van der Waals surface area contributed by atoms with Crippen molar-refractivity contribution in [3.8, 4) is 0 Å². The third-order valence-corrected chi connectivity index (χ3v) is 19.9. The second-order valence-electron chi connectivity index (χ2n) is 27.9. The van der Waals surface area contributed by atoms with Crippen LogP contribution in [0.15, 0.2) is 303 Å². The van der Waals surface area contributed by atoms with E-state index in [0.717, 1.165) is 53.1 Å². The first-order valence-corrected chi connectivity index (χ1v) is 36.3. The molecule has 0 saturated heterocycles. The summed E-state index contributed by atoms with van der Waals surface area (Å²) >= 11 is 0. The molecule has 0 aliphatic heterocycles. The van der Waals surface area contributed by atoms with Crippen LogP contribution in [0.3, 0.4) is 0 Å². The number of benzene rings is 11. The first-order chi connectivity index (χ1) is 48.7. The molecule has 0 N–H and O–H groups in total. The third kappa shape index (κ3) is 17.8. The van der Waals surface area contributed by atoms with E-state index in [2.05, 4.69) is 407 Å². The van der Waals surface area contributed by atoms with Crippen LogP contribution in [0.25, 0.3) is 35.5 Å². The smallest absolute Gasteiger partial charge is 0.0520 e. The number of unbranched alkanes of at least 4 members (excludes halogenated alkanes) is 4. The zero-order chi connectivity index (χ0) is 69.9. The Morgan fingerprint density at radius 2 is 0.600 bits per heavy atom. The van der Waals surface area contributed by atoms with Crippen LogP contribution in [-0.4, -0.2) is 0 Å². The molecule has 2 heteroatoms. The monoisotopic (exact) mass is 1300 g/mol. The molecule has 2 atom stereocenters. The zero-order valence-electron chi connectivity index (χ0n) is 60.7. The number of allylic oxidation sites excluding steroid dienone is 6. The summed E-state index contributed by atoms with van der Waals surface area (Å²) in [5.41, 5.74) is 28.8. The molecule has 0 radical (unpaired) electrons. The number of rotatable bonds is 28. The van der Waals surface area contributed by atoms with E-state index in [-0.39, 0.29) is 10.8 Å². The van der Waals surface area contributed by atoms with Crippen molar-refractivity contribution in [1.82, 2.24) is 0 Å². The summed E-state index contributed by atoms with van der Waals surface area (Å²) in [6.45, 7) is 22.8. The lowest BCUT2D eigenvalue weighted by Crippen LogP contribution is -2.19. The summed E-state index contributed by atoms with van der Waals surface area (Å²) in [6.07, 6.45) is 32.1. The largest absolute Gasteiger partial charge is 0.310 e. The quantitative estimate of drug-likeness (QED) is 0.0274. The molecule has 0 amide bonds. The molecule has 11 aromatic carbocycles. The molecule has 11 aromatic rings. The Kier molecular flexibility index (Phi) is 23.9. The van der Waals surface area contributed by atoms with Crippen LogP contribution in [0.1, 0.15) is 168 Å². The fraction of sp³-hybridized carbons (Fsp3) is 0.204. The van der Waals surface area contributed by atoms with E-state index in [1.807, 2.05) is 0 Å². The van der Waals surface area contributed by atoms with Crippen LogP contribution in [0.4, 0.5) is 34.1 Å². The van der Waals surface area contributed by atoms with Crippen LogP contribution in [0.5, 0.6) is 0 Å². The van der Waals surface area contributed by atoms with Crippen molar-refractivity contribution in [1.29, 1.82) is 0 Å². The summed E-state index contributed by atoms with van der Waals surface area (Å²) in [7, 11) is 0. The average molecular weight is 1310 g/mol. The van der Waals surface area contributed by atoms with Crippen molar-refractivity contribution in [2.75, 3.05) is 9.80 Å². The van der Waals surface area contributed by atoms with E-state index in [9.17, 15) is 0 Å².